The topological polar surface area (TPSA) is 38.4 Å². The zero-order valence-corrected chi connectivity index (χ0v) is 15.6. The standard InChI is InChI=1S/C18H20Cl2N2S/c1-3-12(2)13-5-8-16(9-6-13)22-18(21)23-11-14-4-7-15(19)10-17(14)20/h4-10,12H,3,11H2,1-2H3,(H2,21,22)/t12-/m0/s1. The van der Waals surface area contributed by atoms with Gasteiger partial charge >= 0.3 is 0 Å². The monoisotopic (exact) mass is 366 g/mol. The molecule has 0 aliphatic rings. The van der Waals surface area contributed by atoms with Crippen molar-refractivity contribution in [1.29, 1.82) is 0 Å². The van der Waals surface area contributed by atoms with Gasteiger partial charge in [0.1, 0.15) is 0 Å². The number of halogens is 2. The van der Waals surface area contributed by atoms with Crippen LogP contribution in [0.3, 0.4) is 0 Å². The summed E-state index contributed by atoms with van der Waals surface area (Å²) in [5.41, 5.74) is 9.18. The fraction of sp³-hybridized carbons (Fsp3) is 0.278. The third kappa shape index (κ3) is 5.45. The Morgan fingerprint density at radius 3 is 2.48 bits per heavy atom. The average molecular weight is 367 g/mol. The summed E-state index contributed by atoms with van der Waals surface area (Å²) >= 11 is 13.5. The second-order valence-corrected chi connectivity index (χ2v) is 7.21. The maximum Gasteiger partial charge on any atom is 0.159 e. The van der Waals surface area contributed by atoms with Crippen molar-refractivity contribution < 1.29 is 0 Å². The predicted molar refractivity (Wildman–Crippen MR) is 104 cm³/mol. The van der Waals surface area contributed by atoms with Crippen LogP contribution in [-0.2, 0) is 5.75 Å². The Morgan fingerprint density at radius 2 is 1.87 bits per heavy atom. The molecule has 0 saturated carbocycles. The van der Waals surface area contributed by atoms with Gasteiger partial charge in [0.05, 0.1) is 5.69 Å². The highest BCUT2D eigenvalue weighted by Gasteiger charge is 2.05. The van der Waals surface area contributed by atoms with E-state index in [2.05, 4.69) is 31.0 Å². The summed E-state index contributed by atoms with van der Waals surface area (Å²) in [6, 6.07) is 13.7. The van der Waals surface area contributed by atoms with Crippen molar-refractivity contribution in [3.05, 3.63) is 63.6 Å². The SMILES string of the molecule is CC[C@H](C)c1ccc(N=C(N)SCc2ccc(Cl)cc2Cl)cc1. The van der Waals surface area contributed by atoms with Crippen LogP contribution in [0, 0.1) is 0 Å². The number of benzene rings is 2. The summed E-state index contributed by atoms with van der Waals surface area (Å²) in [6.07, 6.45) is 1.13. The Bertz CT molecular complexity index is 684. The molecule has 0 amide bonds. The number of rotatable bonds is 5. The molecule has 2 rings (SSSR count). The molecule has 0 unspecified atom stereocenters. The minimum absolute atomic E-state index is 0.521. The first-order valence-electron chi connectivity index (χ1n) is 7.50. The van der Waals surface area contributed by atoms with E-state index in [-0.39, 0.29) is 0 Å². The van der Waals surface area contributed by atoms with Crippen LogP contribution in [0.2, 0.25) is 10.0 Å². The molecular formula is C18H20Cl2N2S. The van der Waals surface area contributed by atoms with Crippen molar-refractivity contribution >= 4 is 45.8 Å². The molecule has 0 spiro atoms. The number of aliphatic imine (C=N–C) groups is 1. The summed E-state index contributed by atoms with van der Waals surface area (Å²) in [6.45, 7) is 4.41. The van der Waals surface area contributed by atoms with Gasteiger partial charge in [0.25, 0.3) is 0 Å². The van der Waals surface area contributed by atoms with Crippen LogP contribution >= 0.6 is 35.0 Å². The molecule has 0 aliphatic heterocycles. The van der Waals surface area contributed by atoms with Crippen molar-refractivity contribution in [2.24, 2.45) is 10.7 Å². The maximum atomic E-state index is 6.16. The molecule has 0 fully saturated rings. The second-order valence-electron chi connectivity index (χ2n) is 5.38. The van der Waals surface area contributed by atoms with Crippen molar-refractivity contribution in [3.8, 4) is 0 Å². The average Bonchev–Trinajstić information content (AvgIpc) is 2.54. The Hall–Kier alpha value is -1.16. The highest BCUT2D eigenvalue weighted by Crippen LogP contribution is 2.26. The molecule has 0 heterocycles. The van der Waals surface area contributed by atoms with Crippen LogP contribution in [0.25, 0.3) is 0 Å². The zero-order chi connectivity index (χ0) is 16.8. The number of hydrogen-bond donors (Lipinski definition) is 1. The van der Waals surface area contributed by atoms with Gasteiger partial charge in [-0.15, -0.1) is 0 Å². The quantitative estimate of drug-likeness (QED) is 0.491. The molecule has 2 N–H and O–H groups in total. The van der Waals surface area contributed by atoms with Gasteiger partial charge in [-0.2, -0.15) is 0 Å². The first kappa shape index (κ1) is 18.2. The fourth-order valence-electron chi connectivity index (χ4n) is 2.06. The molecule has 0 aliphatic carbocycles. The molecule has 0 bridgehead atoms. The van der Waals surface area contributed by atoms with E-state index in [1.54, 1.807) is 6.07 Å². The van der Waals surface area contributed by atoms with E-state index < -0.39 is 0 Å². The molecule has 122 valence electrons. The lowest BCUT2D eigenvalue weighted by Gasteiger charge is -2.08. The Balaban J connectivity index is 1.99. The van der Waals surface area contributed by atoms with Crippen molar-refractivity contribution in [2.75, 3.05) is 0 Å². The summed E-state index contributed by atoms with van der Waals surface area (Å²) in [7, 11) is 0. The Morgan fingerprint density at radius 1 is 1.17 bits per heavy atom. The smallest absolute Gasteiger partial charge is 0.159 e. The first-order chi connectivity index (χ1) is 11.0. The highest BCUT2D eigenvalue weighted by atomic mass is 35.5. The largest absolute Gasteiger partial charge is 0.378 e. The van der Waals surface area contributed by atoms with Gasteiger partial charge in [0.15, 0.2) is 5.17 Å². The molecule has 0 radical (unpaired) electrons. The molecule has 5 heteroatoms. The second kappa shape index (κ2) is 8.62. The van der Waals surface area contributed by atoms with Crippen LogP contribution < -0.4 is 5.73 Å². The number of thioether (sulfide) groups is 1. The zero-order valence-electron chi connectivity index (χ0n) is 13.2. The van der Waals surface area contributed by atoms with Crippen LogP contribution in [-0.4, -0.2) is 5.17 Å². The van der Waals surface area contributed by atoms with Gasteiger partial charge in [-0.05, 0) is 47.7 Å². The summed E-state index contributed by atoms with van der Waals surface area (Å²) in [4.78, 5) is 4.44. The van der Waals surface area contributed by atoms with E-state index in [1.165, 1.54) is 17.3 Å². The number of amidine groups is 1. The molecule has 0 aromatic heterocycles. The van der Waals surface area contributed by atoms with Crippen LogP contribution in [0.5, 0.6) is 0 Å². The first-order valence-corrected chi connectivity index (χ1v) is 9.24. The van der Waals surface area contributed by atoms with Crippen LogP contribution in [0.15, 0.2) is 47.5 Å². The minimum Gasteiger partial charge on any atom is -0.378 e. The Kier molecular flexibility index (Phi) is 6.82. The van der Waals surface area contributed by atoms with Gasteiger partial charge in [0.2, 0.25) is 0 Å². The summed E-state index contributed by atoms with van der Waals surface area (Å²) < 4.78 is 0. The fourth-order valence-corrected chi connectivity index (χ4v) is 3.34. The third-order valence-electron chi connectivity index (χ3n) is 3.70. The van der Waals surface area contributed by atoms with Crippen LogP contribution in [0.1, 0.15) is 37.3 Å². The van der Waals surface area contributed by atoms with Gasteiger partial charge in [0, 0.05) is 15.8 Å². The molecule has 2 aromatic rings. The lowest BCUT2D eigenvalue weighted by Crippen LogP contribution is -2.06. The van der Waals surface area contributed by atoms with Gasteiger partial charge in [-0.3, -0.25) is 0 Å². The Labute approximate surface area is 152 Å². The van der Waals surface area contributed by atoms with E-state index in [9.17, 15) is 0 Å². The number of nitrogens with zero attached hydrogens (tertiary/aromatic N) is 1. The lowest BCUT2D eigenvalue weighted by atomic mass is 9.99. The molecule has 23 heavy (non-hydrogen) atoms. The molecule has 2 aromatic carbocycles. The normalized spacial score (nSPS) is 13.1. The van der Waals surface area contributed by atoms with Crippen molar-refractivity contribution in [1.82, 2.24) is 0 Å². The van der Waals surface area contributed by atoms with Crippen LogP contribution in [0.4, 0.5) is 5.69 Å². The third-order valence-corrected chi connectivity index (χ3v) is 5.13. The van der Waals surface area contributed by atoms with Gasteiger partial charge in [-0.1, -0.05) is 67.0 Å². The van der Waals surface area contributed by atoms with E-state index in [1.807, 2.05) is 24.3 Å². The molecular weight excluding hydrogens is 347 g/mol. The van der Waals surface area contributed by atoms with E-state index in [4.69, 9.17) is 28.9 Å². The molecule has 2 nitrogen and oxygen atoms in total. The lowest BCUT2D eigenvalue weighted by molar-refractivity contribution is 0.734. The van der Waals surface area contributed by atoms with Gasteiger partial charge in [-0.25, -0.2) is 4.99 Å². The van der Waals surface area contributed by atoms with E-state index >= 15 is 0 Å². The minimum atomic E-state index is 0.521. The highest BCUT2D eigenvalue weighted by molar-refractivity contribution is 8.13. The summed E-state index contributed by atoms with van der Waals surface area (Å²) in [5, 5.41) is 1.80. The van der Waals surface area contributed by atoms with E-state index in [0.29, 0.717) is 26.9 Å². The predicted octanol–water partition coefficient (Wildman–Crippen LogP) is 6.39. The molecule has 1 atom stereocenters. The van der Waals surface area contributed by atoms with E-state index in [0.717, 1.165) is 17.7 Å². The number of hydrogen-bond acceptors (Lipinski definition) is 2. The van der Waals surface area contributed by atoms with Crippen molar-refractivity contribution in [3.63, 3.8) is 0 Å². The molecule has 0 saturated heterocycles. The van der Waals surface area contributed by atoms with Crippen molar-refractivity contribution in [2.45, 2.75) is 31.9 Å². The summed E-state index contributed by atoms with van der Waals surface area (Å²) in [5.74, 6) is 1.22. The maximum absolute atomic E-state index is 6.16. The van der Waals surface area contributed by atoms with Gasteiger partial charge < -0.3 is 5.73 Å². The number of nitrogens with two attached hydrogens (primary N) is 1.